The summed E-state index contributed by atoms with van der Waals surface area (Å²) in [7, 11) is 2.23. The smallest absolute Gasteiger partial charge is 0.0964 e. The molecule has 0 saturated heterocycles. The Hall–Kier alpha value is -0.940. The second-order valence-electron chi connectivity index (χ2n) is 5.57. The van der Waals surface area contributed by atoms with Crippen LogP contribution < -0.4 is 5.32 Å². The van der Waals surface area contributed by atoms with E-state index in [0.29, 0.717) is 0 Å². The lowest BCUT2D eigenvalue weighted by molar-refractivity contribution is 0.232. The largest absolute Gasteiger partial charge is 0.311 e. The normalized spacial score (nSPS) is 16.6. The number of likely N-dealkylation sites (N-methyl/N-ethyl adjacent to an activating group) is 1. The molecule has 1 fully saturated rings. The van der Waals surface area contributed by atoms with Crippen LogP contribution in [0, 0.1) is 0 Å². The van der Waals surface area contributed by atoms with E-state index in [-0.39, 0.29) is 0 Å². The average molecular weight is 265 g/mol. The standard InChI is InChI=1S/C14H27N5/c1-3-8-15-11-13-12-19(17-16-13)10-9-18(2)14-6-4-5-7-14/h12,14-15H,3-11H2,1-2H3. The number of rotatable bonds is 8. The SMILES string of the molecule is CCCNCc1cn(CCN(C)C2CCCC2)nn1. The Bertz CT molecular complexity index is 356. The van der Waals surface area contributed by atoms with E-state index in [2.05, 4.69) is 40.7 Å². The summed E-state index contributed by atoms with van der Waals surface area (Å²) in [5.41, 5.74) is 1.04. The van der Waals surface area contributed by atoms with E-state index < -0.39 is 0 Å². The number of nitrogens with one attached hydrogen (secondary N) is 1. The van der Waals surface area contributed by atoms with Gasteiger partial charge in [0.2, 0.25) is 0 Å². The quantitative estimate of drug-likeness (QED) is 0.726. The molecule has 0 atom stereocenters. The minimum atomic E-state index is 0.786. The first-order valence-electron chi connectivity index (χ1n) is 7.59. The van der Waals surface area contributed by atoms with Gasteiger partial charge < -0.3 is 10.2 Å². The van der Waals surface area contributed by atoms with Crippen molar-refractivity contribution in [3.05, 3.63) is 11.9 Å². The minimum absolute atomic E-state index is 0.786. The van der Waals surface area contributed by atoms with Crippen molar-refractivity contribution in [1.82, 2.24) is 25.2 Å². The number of aromatic nitrogens is 3. The maximum Gasteiger partial charge on any atom is 0.0964 e. The van der Waals surface area contributed by atoms with Crippen molar-refractivity contribution in [2.75, 3.05) is 20.1 Å². The van der Waals surface area contributed by atoms with Gasteiger partial charge in [-0.3, -0.25) is 4.68 Å². The molecular formula is C14H27N5. The highest BCUT2D eigenvalue weighted by molar-refractivity contribution is 4.91. The van der Waals surface area contributed by atoms with Gasteiger partial charge in [-0.2, -0.15) is 0 Å². The topological polar surface area (TPSA) is 46.0 Å². The summed E-state index contributed by atoms with van der Waals surface area (Å²) in [4.78, 5) is 2.48. The molecule has 2 rings (SSSR count). The van der Waals surface area contributed by atoms with Gasteiger partial charge in [-0.1, -0.05) is 25.0 Å². The first-order chi connectivity index (χ1) is 9.29. The fraction of sp³-hybridized carbons (Fsp3) is 0.857. The Morgan fingerprint density at radius 3 is 2.95 bits per heavy atom. The van der Waals surface area contributed by atoms with Crippen LogP contribution in [0.2, 0.25) is 0 Å². The van der Waals surface area contributed by atoms with Gasteiger partial charge in [-0.05, 0) is 32.9 Å². The minimum Gasteiger partial charge on any atom is -0.311 e. The lowest BCUT2D eigenvalue weighted by Crippen LogP contribution is -2.32. The Kier molecular flexibility index (Phi) is 5.79. The molecule has 1 N–H and O–H groups in total. The first-order valence-corrected chi connectivity index (χ1v) is 7.59. The monoisotopic (exact) mass is 265 g/mol. The Morgan fingerprint density at radius 2 is 2.21 bits per heavy atom. The van der Waals surface area contributed by atoms with Crippen LogP contribution in [-0.2, 0) is 13.1 Å². The van der Waals surface area contributed by atoms with Crippen LogP contribution in [0.5, 0.6) is 0 Å². The maximum atomic E-state index is 4.20. The highest BCUT2D eigenvalue weighted by Crippen LogP contribution is 2.22. The van der Waals surface area contributed by atoms with Crippen LogP contribution >= 0.6 is 0 Å². The Balaban J connectivity index is 1.70. The van der Waals surface area contributed by atoms with Crippen LogP contribution in [0.15, 0.2) is 6.20 Å². The van der Waals surface area contributed by atoms with Crippen molar-refractivity contribution in [2.45, 2.75) is 58.2 Å². The van der Waals surface area contributed by atoms with Crippen molar-refractivity contribution in [1.29, 1.82) is 0 Å². The van der Waals surface area contributed by atoms with Gasteiger partial charge in [0.05, 0.1) is 12.2 Å². The highest BCUT2D eigenvalue weighted by atomic mass is 15.4. The molecule has 0 radical (unpaired) electrons. The number of hydrogen-bond acceptors (Lipinski definition) is 4. The van der Waals surface area contributed by atoms with Gasteiger partial charge in [-0.15, -0.1) is 5.10 Å². The fourth-order valence-corrected chi connectivity index (χ4v) is 2.71. The molecule has 108 valence electrons. The van der Waals surface area contributed by atoms with Crippen LogP contribution in [0.3, 0.4) is 0 Å². The number of nitrogens with zero attached hydrogens (tertiary/aromatic N) is 4. The third-order valence-corrected chi connectivity index (χ3v) is 3.95. The lowest BCUT2D eigenvalue weighted by atomic mass is 10.2. The van der Waals surface area contributed by atoms with E-state index in [1.807, 2.05) is 4.68 Å². The summed E-state index contributed by atoms with van der Waals surface area (Å²) in [5.74, 6) is 0. The van der Waals surface area contributed by atoms with E-state index >= 15 is 0 Å². The second kappa shape index (κ2) is 7.60. The summed E-state index contributed by atoms with van der Waals surface area (Å²) in [6.45, 7) is 6.04. The molecule has 5 nitrogen and oxygen atoms in total. The van der Waals surface area contributed by atoms with E-state index in [1.54, 1.807) is 0 Å². The van der Waals surface area contributed by atoms with E-state index in [9.17, 15) is 0 Å². The summed E-state index contributed by atoms with van der Waals surface area (Å²) in [6, 6.07) is 0.786. The van der Waals surface area contributed by atoms with Gasteiger partial charge in [0, 0.05) is 25.3 Å². The van der Waals surface area contributed by atoms with Gasteiger partial charge in [0.25, 0.3) is 0 Å². The summed E-state index contributed by atoms with van der Waals surface area (Å²) in [5, 5.41) is 11.7. The molecule has 0 bridgehead atoms. The zero-order valence-electron chi connectivity index (χ0n) is 12.3. The first kappa shape index (κ1) is 14.5. The number of hydrogen-bond donors (Lipinski definition) is 1. The van der Waals surface area contributed by atoms with E-state index in [0.717, 1.165) is 44.3 Å². The molecule has 1 aromatic rings. The van der Waals surface area contributed by atoms with Gasteiger partial charge >= 0.3 is 0 Å². The third kappa shape index (κ3) is 4.58. The van der Waals surface area contributed by atoms with Crippen molar-refractivity contribution < 1.29 is 0 Å². The molecule has 1 saturated carbocycles. The van der Waals surface area contributed by atoms with Crippen molar-refractivity contribution in [2.24, 2.45) is 0 Å². The molecule has 5 heteroatoms. The molecule has 0 amide bonds. The summed E-state index contributed by atoms with van der Waals surface area (Å²) in [6.07, 6.45) is 8.72. The predicted octanol–water partition coefficient (Wildman–Crippen LogP) is 1.65. The van der Waals surface area contributed by atoms with Crippen LogP contribution in [0.25, 0.3) is 0 Å². The fourth-order valence-electron chi connectivity index (χ4n) is 2.71. The molecule has 0 aromatic carbocycles. The molecule has 19 heavy (non-hydrogen) atoms. The van der Waals surface area contributed by atoms with Crippen LogP contribution in [0.1, 0.15) is 44.7 Å². The predicted molar refractivity (Wildman–Crippen MR) is 76.9 cm³/mol. The lowest BCUT2D eigenvalue weighted by Gasteiger charge is -2.23. The van der Waals surface area contributed by atoms with Gasteiger partial charge in [0.1, 0.15) is 0 Å². The highest BCUT2D eigenvalue weighted by Gasteiger charge is 2.19. The molecule has 1 heterocycles. The van der Waals surface area contributed by atoms with E-state index in [4.69, 9.17) is 0 Å². The van der Waals surface area contributed by atoms with Crippen molar-refractivity contribution >= 4 is 0 Å². The molecule has 1 aliphatic rings. The van der Waals surface area contributed by atoms with E-state index in [1.165, 1.54) is 25.7 Å². The zero-order valence-corrected chi connectivity index (χ0v) is 12.3. The Morgan fingerprint density at radius 1 is 1.42 bits per heavy atom. The molecule has 0 spiro atoms. The summed E-state index contributed by atoms with van der Waals surface area (Å²) >= 11 is 0. The molecule has 0 aliphatic heterocycles. The van der Waals surface area contributed by atoms with Crippen LogP contribution in [-0.4, -0.2) is 46.1 Å². The summed E-state index contributed by atoms with van der Waals surface area (Å²) < 4.78 is 1.97. The van der Waals surface area contributed by atoms with Crippen molar-refractivity contribution in [3.63, 3.8) is 0 Å². The zero-order chi connectivity index (χ0) is 13.5. The maximum absolute atomic E-state index is 4.20. The van der Waals surface area contributed by atoms with Gasteiger partial charge in [0.15, 0.2) is 0 Å². The molecular weight excluding hydrogens is 238 g/mol. The third-order valence-electron chi connectivity index (χ3n) is 3.95. The second-order valence-corrected chi connectivity index (χ2v) is 5.57. The average Bonchev–Trinajstić information content (AvgIpc) is 3.08. The van der Waals surface area contributed by atoms with Gasteiger partial charge in [-0.25, -0.2) is 0 Å². The Labute approximate surface area is 116 Å². The van der Waals surface area contributed by atoms with Crippen LogP contribution in [0.4, 0.5) is 0 Å². The van der Waals surface area contributed by atoms with Crippen molar-refractivity contribution in [3.8, 4) is 0 Å². The molecule has 0 unspecified atom stereocenters. The molecule has 1 aliphatic carbocycles. The molecule has 1 aromatic heterocycles.